The summed E-state index contributed by atoms with van der Waals surface area (Å²) in [6, 6.07) is 14.7. The Labute approximate surface area is 162 Å². The Morgan fingerprint density at radius 3 is 1.92 bits per heavy atom. The number of carbonyl (C=O) groups excluding carboxylic acids is 1. The first-order valence-electron chi connectivity index (χ1n) is 8.72. The number of ether oxygens (including phenoxy) is 1. The Kier molecular flexibility index (Phi) is 5.37. The highest BCUT2D eigenvalue weighted by molar-refractivity contribution is 9.10. The first-order chi connectivity index (χ1) is 12.2. The summed E-state index contributed by atoms with van der Waals surface area (Å²) in [6.07, 6.45) is -0.302. The van der Waals surface area contributed by atoms with Crippen molar-refractivity contribution < 1.29 is 13.9 Å². The molecule has 0 aromatic heterocycles. The van der Waals surface area contributed by atoms with Crippen molar-refractivity contribution in [3.63, 3.8) is 0 Å². The van der Waals surface area contributed by atoms with Crippen LogP contribution in [0.2, 0.25) is 0 Å². The Morgan fingerprint density at radius 1 is 1.00 bits per heavy atom. The van der Waals surface area contributed by atoms with Crippen LogP contribution in [0.5, 0.6) is 0 Å². The fourth-order valence-corrected chi connectivity index (χ4v) is 3.64. The average molecular weight is 420 g/mol. The van der Waals surface area contributed by atoms with Gasteiger partial charge < -0.3 is 9.64 Å². The molecule has 26 heavy (non-hydrogen) atoms. The molecule has 0 spiro atoms. The van der Waals surface area contributed by atoms with Crippen LogP contribution in [0.4, 0.5) is 9.18 Å². The molecule has 1 aliphatic heterocycles. The minimum Gasteiger partial charge on any atom is -0.444 e. The fraction of sp³-hybridized carbons (Fsp3) is 0.381. The normalized spacial score (nSPS) is 20.3. The zero-order valence-corrected chi connectivity index (χ0v) is 16.8. The lowest BCUT2D eigenvalue weighted by atomic mass is 9.84. The lowest BCUT2D eigenvalue weighted by molar-refractivity contribution is 0.0290. The van der Waals surface area contributed by atoms with Crippen LogP contribution < -0.4 is 0 Å². The van der Waals surface area contributed by atoms with Crippen LogP contribution in [0.15, 0.2) is 53.0 Å². The molecule has 0 bridgehead atoms. The molecule has 3 nitrogen and oxygen atoms in total. The summed E-state index contributed by atoms with van der Waals surface area (Å²) in [5.74, 6) is -0.0127. The topological polar surface area (TPSA) is 29.5 Å². The van der Waals surface area contributed by atoms with Crippen molar-refractivity contribution in [3.8, 4) is 0 Å². The van der Waals surface area contributed by atoms with E-state index in [1.165, 1.54) is 12.1 Å². The van der Waals surface area contributed by atoms with Crippen LogP contribution in [-0.2, 0) is 4.74 Å². The van der Waals surface area contributed by atoms with E-state index in [-0.39, 0.29) is 23.7 Å². The second kappa shape index (κ2) is 7.39. The summed E-state index contributed by atoms with van der Waals surface area (Å²) in [5, 5.41) is 0. The molecular weight excluding hydrogens is 397 g/mol. The summed E-state index contributed by atoms with van der Waals surface area (Å²) in [6.45, 7) is 6.74. The average Bonchev–Trinajstić information content (AvgIpc) is 3.00. The molecule has 5 heteroatoms. The zero-order valence-electron chi connectivity index (χ0n) is 15.2. The van der Waals surface area contributed by atoms with E-state index in [1.54, 1.807) is 4.90 Å². The van der Waals surface area contributed by atoms with E-state index in [0.29, 0.717) is 13.1 Å². The van der Waals surface area contributed by atoms with Gasteiger partial charge in [0.15, 0.2) is 0 Å². The van der Waals surface area contributed by atoms with Gasteiger partial charge in [-0.05, 0) is 56.2 Å². The second-order valence-corrected chi connectivity index (χ2v) is 8.62. The molecule has 1 saturated heterocycles. The van der Waals surface area contributed by atoms with E-state index in [4.69, 9.17) is 4.74 Å². The fourth-order valence-electron chi connectivity index (χ4n) is 3.37. The molecular formula is C21H23BrFNO2. The van der Waals surface area contributed by atoms with Crippen LogP contribution in [-0.4, -0.2) is 29.7 Å². The number of carbonyl (C=O) groups is 1. The van der Waals surface area contributed by atoms with Gasteiger partial charge in [-0.2, -0.15) is 0 Å². The Balaban J connectivity index is 1.89. The number of amides is 1. The molecule has 2 aromatic rings. The third kappa shape index (κ3) is 4.44. The first kappa shape index (κ1) is 18.9. The number of rotatable bonds is 2. The molecule has 2 unspecified atom stereocenters. The van der Waals surface area contributed by atoms with Gasteiger partial charge in [0.05, 0.1) is 0 Å². The lowest BCUT2D eigenvalue weighted by Crippen LogP contribution is -2.35. The van der Waals surface area contributed by atoms with Crippen LogP contribution in [0, 0.1) is 5.82 Å². The van der Waals surface area contributed by atoms with Gasteiger partial charge in [0.2, 0.25) is 0 Å². The van der Waals surface area contributed by atoms with Gasteiger partial charge >= 0.3 is 6.09 Å². The van der Waals surface area contributed by atoms with Crippen molar-refractivity contribution in [2.24, 2.45) is 0 Å². The minimum atomic E-state index is -0.530. The summed E-state index contributed by atoms with van der Waals surface area (Å²) in [5.41, 5.74) is 1.66. The van der Waals surface area contributed by atoms with Crippen LogP contribution in [0.3, 0.4) is 0 Å². The number of benzene rings is 2. The van der Waals surface area contributed by atoms with E-state index in [9.17, 15) is 9.18 Å². The van der Waals surface area contributed by atoms with E-state index in [2.05, 4.69) is 28.1 Å². The summed E-state index contributed by atoms with van der Waals surface area (Å²) >= 11 is 3.46. The Morgan fingerprint density at radius 2 is 1.46 bits per heavy atom. The van der Waals surface area contributed by atoms with Gasteiger partial charge in [0.1, 0.15) is 11.4 Å². The van der Waals surface area contributed by atoms with Crippen LogP contribution >= 0.6 is 15.9 Å². The third-order valence-electron chi connectivity index (χ3n) is 4.57. The Hall–Kier alpha value is -1.88. The molecule has 2 atom stereocenters. The van der Waals surface area contributed by atoms with Gasteiger partial charge in [-0.15, -0.1) is 0 Å². The SMILES string of the molecule is CC(C)(C)OC(=O)N1CC(c2ccc(F)cc2)C(c2ccc(Br)cc2)C1. The maximum absolute atomic E-state index is 13.3. The third-order valence-corrected chi connectivity index (χ3v) is 5.10. The van der Waals surface area contributed by atoms with Crippen molar-refractivity contribution in [3.05, 3.63) is 69.9 Å². The monoisotopic (exact) mass is 419 g/mol. The van der Waals surface area contributed by atoms with Gasteiger partial charge in [0, 0.05) is 29.4 Å². The Bertz CT molecular complexity index is 715. The van der Waals surface area contributed by atoms with E-state index < -0.39 is 5.60 Å². The van der Waals surface area contributed by atoms with Gasteiger partial charge in [-0.25, -0.2) is 9.18 Å². The van der Waals surface area contributed by atoms with Crippen molar-refractivity contribution in [1.82, 2.24) is 4.90 Å². The number of hydrogen-bond donors (Lipinski definition) is 0. The largest absolute Gasteiger partial charge is 0.444 e. The van der Waals surface area contributed by atoms with Crippen molar-refractivity contribution in [2.75, 3.05) is 13.1 Å². The van der Waals surface area contributed by atoms with Gasteiger partial charge in [-0.1, -0.05) is 40.2 Å². The number of nitrogens with zero attached hydrogens (tertiary/aromatic N) is 1. The number of likely N-dealkylation sites (tertiary alicyclic amines) is 1. The summed E-state index contributed by atoms with van der Waals surface area (Å²) in [4.78, 5) is 14.3. The van der Waals surface area contributed by atoms with E-state index >= 15 is 0 Å². The van der Waals surface area contributed by atoms with Crippen molar-refractivity contribution >= 4 is 22.0 Å². The molecule has 0 radical (unpaired) electrons. The quantitative estimate of drug-likeness (QED) is 0.623. The lowest BCUT2D eigenvalue weighted by Gasteiger charge is -2.24. The molecule has 1 heterocycles. The molecule has 1 fully saturated rings. The number of hydrogen-bond acceptors (Lipinski definition) is 2. The standard InChI is InChI=1S/C21H23BrFNO2/c1-21(2,3)26-20(25)24-12-18(14-4-8-16(22)9-5-14)19(13-24)15-6-10-17(23)11-7-15/h4-11,18-19H,12-13H2,1-3H3. The predicted molar refractivity (Wildman–Crippen MR) is 104 cm³/mol. The molecule has 138 valence electrons. The van der Waals surface area contributed by atoms with E-state index in [1.807, 2.05) is 45.0 Å². The molecule has 0 saturated carbocycles. The molecule has 0 aliphatic carbocycles. The van der Waals surface area contributed by atoms with Gasteiger partial charge in [-0.3, -0.25) is 0 Å². The molecule has 1 amide bonds. The minimum absolute atomic E-state index is 0.101. The maximum atomic E-state index is 13.3. The van der Waals surface area contributed by atoms with E-state index in [0.717, 1.165) is 15.6 Å². The van der Waals surface area contributed by atoms with Crippen molar-refractivity contribution in [1.29, 1.82) is 0 Å². The van der Waals surface area contributed by atoms with Crippen LogP contribution in [0.1, 0.15) is 43.7 Å². The highest BCUT2D eigenvalue weighted by atomic mass is 79.9. The first-order valence-corrected chi connectivity index (χ1v) is 9.51. The summed E-state index contributed by atoms with van der Waals surface area (Å²) in [7, 11) is 0. The molecule has 3 rings (SSSR count). The van der Waals surface area contributed by atoms with Gasteiger partial charge in [0.25, 0.3) is 0 Å². The predicted octanol–water partition coefficient (Wildman–Crippen LogP) is 5.71. The second-order valence-electron chi connectivity index (χ2n) is 7.70. The van der Waals surface area contributed by atoms with Crippen molar-refractivity contribution in [2.45, 2.75) is 38.2 Å². The molecule has 2 aromatic carbocycles. The zero-order chi connectivity index (χ0) is 18.9. The maximum Gasteiger partial charge on any atom is 0.410 e. The molecule has 1 aliphatic rings. The van der Waals surface area contributed by atoms with Crippen LogP contribution in [0.25, 0.3) is 0 Å². The molecule has 0 N–H and O–H groups in total. The smallest absolute Gasteiger partial charge is 0.410 e. The highest BCUT2D eigenvalue weighted by Crippen LogP contribution is 2.40. The number of halogens is 2. The highest BCUT2D eigenvalue weighted by Gasteiger charge is 2.38. The summed E-state index contributed by atoms with van der Waals surface area (Å²) < 4.78 is 19.9.